The molecule has 1 aliphatic rings. The Balaban J connectivity index is 1.25. The van der Waals surface area contributed by atoms with Gasteiger partial charge in [-0.2, -0.15) is 0 Å². The van der Waals surface area contributed by atoms with Gasteiger partial charge in [0.1, 0.15) is 0 Å². The Hall–Kier alpha value is -2.79. The number of nitrogens with zero attached hydrogens (tertiary/aromatic N) is 1. The minimum atomic E-state index is -0.371. The predicted octanol–water partition coefficient (Wildman–Crippen LogP) is 4.06. The fraction of sp³-hybridized carbons (Fsp3) is 0.217. The molecule has 0 saturated carbocycles. The largest absolute Gasteiger partial charge is 0.455 e. The first kappa shape index (κ1) is 18.6. The molecule has 3 aromatic carbocycles. The molecule has 3 aromatic rings. The van der Waals surface area contributed by atoms with Crippen LogP contribution >= 0.6 is 11.8 Å². The zero-order valence-corrected chi connectivity index (χ0v) is 16.3. The van der Waals surface area contributed by atoms with Crippen LogP contribution in [0.25, 0.3) is 10.8 Å². The molecule has 0 fully saturated rings. The van der Waals surface area contributed by atoms with Crippen LogP contribution in [0.2, 0.25) is 0 Å². The number of carbonyl (C=O) groups is 2. The maximum Gasteiger partial charge on any atom is 0.316 e. The van der Waals surface area contributed by atoms with E-state index in [2.05, 4.69) is 18.2 Å². The van der Waals surface area contributed by atoms with E-state index in [1.165, 1.54) is 28.3 Å². The van der Waals surface area contributed by atoms with Gasteiger partial charge in [0.15, 0.2) is 6.61 Å². The Labute approximate surface area is 168 Å². The molecule has 1 aliphatic heterocycles. The van der Waals surface area contributed by atoms with Gasteiger partial charge in [-0.25, -0.2) is 0 Å². The number of amides is 1. The van der Waals surface area contributed by atoms with Gasteiger partial charge in [-0.3, -0.25) is 9.59 Å². The minimum absolute atomic E-state index is 0.140. The van der Waals surface area contributed by atoms with E-state index in [-0.39, 0.29) is 24.2 Å². The number of hydrogen-bond donors (Lipinski definition) is 0. The van der Waals surface area contributed by atoms with E-state index in [1.54, 1.807) is 4.90 Å². The summed E-state index contributed by atoms with van der Waals surface area (Å²) in [5.74, 6) is -0.323. The van der Waals surface area contributed by atoms with Gasteiger partial charge >= 0.3 is 5.97 Å². The number of esters is 1. The average Bonchev–Trinajstić information content (AvgIpc) is 2.75. The molecule has 0 saturated heterocycles. The Morgan fingerprint density at radius 2 is 1.68 bits per heavy atom. The molecule has 0 aliphatic carbocycles. The molecule has 142 valence electrons. The van der Waals surface area contributed by atoms with Crippen LogP contribution in [0.5, 0.6) is 0 Å². The van der Waals surface area contributed by atoms with Gasteiger partial charge in [-0.15, -0.1) is 11.8 Å². The predicted molar refractivity (Wildman–Crippen MR) is 111 cm³/mol. The molecule has 0 unspecified atom stereocenters. The smallest absolute Gasteiger partial charge is 0.316 e. The van der Waals surface area contributed by atoms with Crippen LogP contribution in [-0.2, 0) is 27.3 Å². The lowest BCUT2D eigenvalue weighted by atomic mass is 10.00. The maximum atomic E-state index is 12.4. The molecule has 4 rings (SSSR count). The van der Waals surface area contributed by atoms with Crippen LogP contribution in [0, 0.1) is 0 Å². The number of thioether (sulfide) groups is 1. The lowest BCUT2D eigenvalue weighted by Gasteiger charge is -2.28. The van der Waals surface area contributed by atoms with Crippen molar-refractivity contribution < 1.29 is 14.3 Å². The Bertz CT molecular complexity index is 1020. The number of rotatable bonds is 5. The lowest BCUT2D eigenvalue weighted by Crippen LogP contribution is -2.38. The second-order valence-corrected chi connectivity index (χ2v) is 7.84. The van der Waals surface area contributed by atoms with Crippen molar-refractivity contribution in [2.45, 2.75) is 17.9 Å². The number of hydrogen-bond acceptors (Lipinski definition) is 4. The molecular formula is C23H21NO3S. The summed E-state index contributed by atoms with van der Waals surface area (Å²) in [7, 11) is 0. The normalized spacial score (nSPS) is 13.2. The summed E-state index contributed by atoms with van der Waals surface area (Å²) >= 11 is 1.42. The molecule has 0 spiro atoms. The molecule has 0 atom stereocenters. The van der Waals surface area contributed by atoms with Crippen molar-refractivity contribution in [3.05, 3.63) is 77.9 Å². The molecule has 1 heterocycles. The zero-order valence-electron chi connectivity index (χ0n) is 15.5. The molecular weight excluding hydrogens is 370 g/mol. The van der Waals surface area contributed by atoms with Crippen LogP contribution in [0.1, 0.15) is 11.1 Å². The highest BCUT2D eigenvalue weighted by molar-refractivity contribution is 8.00. The van der Waals surface area contributed by atoms with E-state index < -0.39 is 0 Å². The van der Waals surface area contributed by atoms with Crippen molar-refractivity contribution in [2.75, 3.05) is 18.9 Å². The summed E-state index contributed by atoms with van der Waals surface area (Å²) in [5.41, 5.74) is 2.45. The summed E-state index contributed by atoms with van der Waals surface area (Å²) < 4.78 is 5.20. The van der Waals surface area contributed by atoms with Gasteiger partial charge in [0.05, 0.1) is 5.75 Å². The van der Waals surface area contributed by atoms with E-state index >= 15 is 0 Å². The van der Waals surface area contributed by atoms with Crippen molar-refractivity contribution in [1.82, 2.24) is 4.90 Å². The van der Waals surface area contributed by atoms with Crippen LogP contribution in [0.4, 0.5) is 0 Å². The quantitative estimate of drug-likeness (QED) is 0.486. The topological polar surface area (TPSA) is 46.6 Å². The van der Waals surface area contributed by atoms with Crippen molar-refractivity contribution in [1.29, 1.82) is 0 Å². The van der Waals surface area contributed by atoms with Crippen molar-refractivity contribution in [2.24, 2.45) is 0 Å². The Kier molecular flexibility index (Phi) is 5.63. The summed E-state index contributed by atoms with van der Waals surface area (Å²) in [4.78, 5) is 27.2. The second kappa shape index (κ2) is 8.48. The van der Waals surface area contributed by atoms with Gasteiger partial charge in [0.2, 0.25) is 0 Å². The molecule has 0 N–H and O–H groups in total. The standard InChI is InChI=1S/C23H21NO3S/c25-22(24-12-11-18-6-2-4-8-20(18)14-24)15-27-23(26)16-28-21-10-9-17-5-1-3-7-19(17)13-21/h1-10,13H,11-12,14-16H2. The highest BCUT2D eigenvalue weighted by Crippen LogP contribution is 2.24. The van der Waals surface area contributed by atoms with Gasteiger partial charge in [-0.05, 0) is 40.5 Å². The Morgan fingerprint density at radius 1 is 0.929 bits per heavy atom. The summed E-state index contributed by atoms with van der Waals surface area (Å²) in [6.45, 7) is 1.05. The molecule has 1 amide bonds. The minimum Gasteiger partial charge on any atom is -0.455 e. The Morgan fingerprint density at radius 3 is 2.54 bits per heavy atom. The fourth-order valence-corrected chi connectivity index (χ4v) is 4.13. The zero-order chi connectivity index (χ0) is 19.3. The lowest BCUT2D eigenvalue weighted by molar-refractivity contribution is -0.150. The van der Waals surface area contributed by atoms with E-state index in [9.17, 15) is 9.59 Å². The number of carbonyl (C=O) groups excluding carboxylic acids is 2. The third-order valence-corrected chi connectivity index (χ3v) is 5.88. The fourth-order valence-electron chi connectivity index (χ4n) is 3.38. The first-order valence-electron chi connectivity index (χ1n) is 9.31. The summed E-state index contributed by atoms with van der Waals surface area (Å²) in [5, 5.41) is 2.31. The molecule has 4 nitrogen and oxygen atoms in total. The molecule has 0 bridgehead atoms. The number of ether oxygens (including phenoxy) is 1. The average molecular weight is 391 g/mol. The number of benzene rings is 3. The number of fused-ring (bicyclic) bond motifs is 2. The van der Waals surface area contributed by atoms with E-state index in [4.69, 9.17) is 4.74 Å². The third kappa shape index (κ3) is 4.37. The van der Waals surface area contributed by atoms with E-state index in [0.29, 0.717) is 13.1 Å². The van der Waals surface area contributed by atoms with Crippen molar-refractivity contribution in [3.63, 3.8) is 0 Å². The maximum absolute atomic E-state index is 12.4. The first-order valence-corrected chi connectivity index (χ1v) is 10.3. The van der Waals surface area contributed by atoms with E-state index in [0.717, 1.165) is 16.7 Å². The monoisotopic (exact) mass is 391 g/mol. The second-order valence-electron chi connectivity index (χ2n) is 6.79. The van der Waals surface area contributed by atoms with Crippen LogP contribution in [0.15, 0.2) is 71.6 Å². The van der Waals surface area contributed by atoms with E-state index in [1.807, 2.05) is 48.5 Å². The van der Waals surface area contributed by atoms with Crippen LogP contribution in [0.3, 0.4) is 0 Å². The van der Waals surface area contributed by atoms with Gasteiger partial charge < -0.3 is 9.64 Å². The van der Waals surface area contributed by atoms with Gasteiger partial charge in [0, 0.05) is 18.0 Å². The SMILES string of the molecule is O=C(CSc1ccc2ccccc2c1)OCC(=O)N1CCc2ccccc2C1. The molecule has 5 heteroatoms. The highest BCUT2D eigenvalue weighted by Gasteiger charge is 2.21. The highest BCUT2D eigenvalue weighted by atomic mass is 32.2. The third-order valence-electron chi connectivity index (χ3n) is 4.92. The van der Waals surface area contributed by atoms with Crippen molar-refractivity contribution >= 4 is 34.4 Å². The molecule has 0 aromatic heterocycles. The molecule has 28 heavy (non-hydrogen) atoms. The van der Waals surface area contributed by atoms with Crippen molar-refractivity contribution in [3.8, 4) is 0 Å². The van der Waals surface area contributed by atoms with Crippen LogP contribution < -0.4 is 0 Å². The summed E-state index contributed by atoms with van der Waals surface area (Å²) in [6.07, 6.45) is 0.841. The van der Waals surface area contributed by atoms with Crippen LogP contribution in [-0.4, -0.2) is 35.7 Å². The van der Waals surface area contributed by atoms with Gasteiger partial charge in [-0.1, -0.05) is 54.6 Å². The molecule has 0 radical (unpaired) electrons. The summed E-state index contributed by atoms with van der Waals surface area (Å²) in [6, 6.07) is 22.3. The first-order chi connectivity index (χ1) is 13.7. The van der Waals surface area contributed by atoms with Gasteiger partial charge in [0.25, 0.3) is 5.91 Å².